The van der Waals surface area contributed by atoms with Gasteiger partial charge in [0, 0.05) is 30.9 Å². The number of aromatic amines is 1. The number of carbonyl (C=O) groups excluding carboxylic acids is 1. The summed E-state index contributed by atoms with van der Waals surface area (Å²) in [5.41, 5.74) is -0.560. The van der Waals surface area contributed by atoms with Crippen molar-refractivity contribution in [1.82, 2.24) is 19.8 Å². The van der Waals surface area contributed by atoms with Gasteiger partial charge in [0.15, 0.2) is 0 Å². The molecule has 2 N–H and O–H groups in total. The molecule has 1 atom stereocenters. The predicted octanol–water partition coefficient (Wildman–Crippen LogP) is -0.308. The van der Waals surface area contributed by atoms with Gasteiger partial charge in [-0.1, -0.05) is 0 Å². The van der Waals surface area contributed by atoms with Crippen LogP contribution in [0, 0.1) is 12.8 Å². The van der Waals surface area contributed by atoms with Crippen LogP contribution in [0.3, 0.4) is 0 Å². The maximum Gasteiger partial charge on any atom is 0.328 e. The van der Waals surface area contributed by atoms with Crippen LogP contribution >= 0.6 is 0 Å². The summed E-state index contributed by atoms with van der Waals surface area (Å²) in [4.78, 5) is 39.5. The largest absolute Gasteiger partial charge is 0.354 e. The molecular weight excluding hydrogens is 284 g/mol. The van der Waals surface area contributed by atoms with E-state index in [1.165, 1.54) is 10.8 Å². The molecule has 0 bridgehead atoms. The highest BCUT2D eigenvalue weighted by Crippen LogP contribution is 2.17. The van der Waals surface area contributed by atoms with E-state index in [1.807, 2.05) is 0 Å². The zero-order valence-electron chi connectivity index (χ0n) is 13.4. The van der Waals surface area contributed by atoms with Crippen molar-refractivity contribution >= 4 is 5.91 Å². The van der Waals surface area contributed by atoms with Gasteiger partial charge in [-0.25, -0.2) is 4.79 Å². The number of rotatable bonds is 5. The third-order valence-electron chi connectivity index (χ3n) is 4.14. The van der Waals surface area contributed by atoms with Gasteiger partial charge in [0.1, 0.15) is 6.54 Å². The second kappa shape index (κ2) is 6.91. The van der Waals surface area contributed by atoms with E-state index in [0.29, 0.717) is 24.1 Å². The molecule has 7 nitrogen and oxygen atoms in total. The Morgan fingerprint density at radius 3 is 2.82 bits per heavy atom. The van der Waals surface area contributed by atoms with Crippen LogP contribution in [0.5, 0.6) is 0 Å². The Morgan fingerprint density at radius 1 is 1.45 bits per heavy atom. The average Bonchev–Trinajstić information content (AvgIpc) is 2.91. The number of nitrogens with zero attached hydrogens (tertiary/aromatic N) is 2. The van der Waals surface area contributed by atoms with Crippen molar-refractivity contribution in [3.8, 4) is 0 Å². The Labute approximate surface area is 129 Å². The van der Waals surface area contributed by atoms with E-state index in [2.05, 4.69) is 29.0 Å². The number of H-pyrrole nitrogens is 1. The van der Waals surface area contributed by atoms with Crippen LogP contribution in [0.2, 0.25) is 0 Å². The molecule has 1 aliphatic heterocycles. The van der Waals surface area contributed by atoms with Crippen LogP contribution in [-0.2, 0) is 11.3 Å². The Bertz CT molecular complexity index is 647. The summed E-state index contributed by atoms with van der Waals surface area (Å²) in [6, 6.07) is 0.531. The molecule has 0 unspecified atom stereocenters. The molecule has 0 spiro atoms. The van der Waals surface area contributed by atoms with Gasteiger partial charge in [-0.3, -0.25) is 19.1 Å². The number of carbonyl (C=O) groups is 1. The second-order valence-corrected chi connectivity index (χ2v) is 6.25. The first-order valence-corrected chi connectivity index (χ1v) is 7.68. The number of nitrogens with one attached hydrogen (secondary N) is 2. The third kappa shape index (κ3) is 4.07. The van der Waals surface area contributed by atoms with Gasteiger partial charge < -0.3 is 10.2 Å². The van der Waals surface area contributed by atoms with Gasteiger partial charge in [0.05, 0.1) is 0 Å². The number of amides is 1. The normalized spacial score (nSPS) is 18.8. The lowest BCUT2D eigenvalue weighted by molar-refractivity contribution is -0.121. The molecule has 2 heterocycles. The van der Waals surface area contributed by atoms with Crippen LogP contribution < -0.4 is 16.6 Å². The zero-order valence-corrected chi connectivity index (χ0v) is 13.4. The monoisotopic (exact) mass is 308 g/mol. The fourth-order valence-corrected chi connectivity index (χ4v) is 2.70. The smallest absolute Gasteiger partial charge is 0.328 e. The van der Waals surface area contributed by atoms with Crippen molar-refractivity contribution in [3.05, 3.63) is 32.6 Å². The van der Waals surface area contributed by atoms with Gasteiger partial charge in [0.2, 0.25) is 5.91 Å². The van der Waals surface area contributed by atoms with Crippen molar-refractivity contribution in [2.45, 2.75) is 39.8 Å². The number of likely N-dealkylation sites (tertiary alicyclic amines) is 1. The van der Waals surface area contributed by atoms with Gasteiger partial charge in [-0.15, -0.1) is 0 Å². The zero-order chi connectivity index (χ0) is 16.3. The summed E-state index contributed by atoms with van der Waals surface area (Å²) in [5, 5.41) is 2.88. The molecule has 1 amide bonds. The van der Waals surface area contributed by atoms with Crippen LogP contribution in [-0.4, -0.2) is 46.0 Å². The maximum atomic E-state index is 12.0. The highest BCUT2D eigenvalue weighted by atomic mass is 16.2. The van der Waals surface area contributed by atoms with E-state index >= 15 is 0 Å². The lowest BCUT2D eigenvalue weighted by atomic mass is 10.1. The topological polar surface area (TPSA) is 87.2 Å². The quantitative estimate of drug-likeness (QED) is 0.781. The highest BCUT2D eigenvalue weighted by Gasteiger charge is 2.24. The second-order valence-electron chi connectivity index (χ2n) is 6.25. The average molecular weight is 308 g/mol. The van der Waals surface area contributed by atoms with Crippen LogP contribution in [0.15, 0.2) is 15.8 Å². The third-order valence-corrected chi connectivity index (χ3v) is 4.14. The molecule has 22 heavy (non-hydrogen) atoms. The molecule has 2 rings (SSSR count). The Kier molecular flexibility index (Phi) is 5.18. The minimum atomic E-state index is -0.558. The minimum absolute atomic E-state index is 0.0724. The van der Waals surface area contributed by atoms with E-state index in [0.717, 1.165) is 19.5 Å². The molecule has 1 aromatic heterocycles. The van der Waals surface area contributed by atoms with Crippen LogP contribution in [0.25, 0.3) is 0 Å². The molecule has 1 fully saturated rings. The lowest BCUT2D eigenvalue weighted by Crippen LogP contribution is -2.38. The van der Waals surface area contributed by atoms with E-state index < -0.39 is 11.2 Å². The van der Waals surface area contributed by atoms with E-state index in [4.69, 9.17) is 0 Å². The van der Waals surface area contributed by atoms with Crippen LogP contribution in [0.4, 0.5) is 0 Å². The summed E-state index contributed by atoms with van der Waals surface area (Å²) in [7, 11) is 0. The van der Waals surface area contributed by atoms with Crippen molar-refractivity contribution in [2.75, 3.05) is 19.6 Å². The number of aromatic nitrogens is 2. The molecule has 0 aliphatic carbocycles. The molecule has 0 saturated carbocycles. The summed E-state index contributed by atoms with van der Waals surface area (Å²) in [6.45, 7) is 8.56. The van der Waals surface area contributed by atoms with Crippen molar-refractivity contribution in [3.63, 3.8) is 0 Å². The first-order valence-electron chi connectivity index (χ1n) is 7.68. The minimum Gasteiger partial charge on any atom is -0.354 e. The standard InChI is InChI=1S/C15H24N4O3/c1-10(2)18-5-4-12(8-18)6-16-13(20)9-19-7-11(3)14(21)17-15(19)22/h7,10,12H,4-6,8-9H2,1-3H3,(H,16,20)(H,17,21,22)/t12-/m1/s1. The molecule has 7 heteroatoms. The first-order chi connectivity index (χ1) is 10.4. The lowest BCUT2D eigenvalue weighted by Gasteiger charge is -2.20. The molecule has 1 saturated heterocycles. The van der Waals surface area contributed by atoms with Gasteiger partial charge in [0.25, 0.3) is 5.56 Å². The Morgan fingerprint density at radius 2 is 2.18 bits per heavy atom. The summed E-state index contributed by atoms with van der Waals surface area (Å²) < 4.78 is 1.22. The van der Waals surface area contributed by atoms with E-state index in [9.17, 15) is 14.4 Å². The van der Waals surface area contributed by atoms with Gasteiger partial charge >= 0.3 is 5.69 Å². The Hall–Kier alpha value is -1.89. The predicted molar refractivity (Wildman–Crippen MR) is 83.9 cm³/mol. The molecule has 122 valence electrons. The summed E-state index contributed by atoms with van der Waals surface area (Å²) >= 11 is 0. The fourth-order valence-electron chi connectivity index (χ4n) is 2.70. The number of aryl methyl sites for hydroxylation is 1. The molecule has 1 aliphatic rings. The first kappa shape index (κ1) is 16.5. The maximum absolute atomic E-state index is 12.0. The van der Waals surface area contributed by atoms with E-state index in [1.54, 1.807) is 6.92 Å². The molecule has 0 aromatic carbocycles. The molecule has 0 radical (unpaired) electrons. The highest BCUT2D eigenvalue weighted by molar-refractivity contribution is 5.75. The van der Waals surface area contributed by atoms with Crippen molar-refractivity contribution in [1.29, 1.82) is 0 Å². The summed E-state index contributed by atoms with van der Waals surface area (Å²) in [6.07, 6.45) is 2.49. The van der Waals surface area contributed by atoms with Gasteiger partial charge in [-0.05, 0) is 39.7 Å². The van der Waals surface area contributed by atoms with Gasteiger partial charge in [-0.2, -0.15) is 0 Å². The fraction of sp³-hybridized carbons (Fsp3) is 0.667. The van der Waals surface area contributed by atoms with E-state index in [-0.39, 0.29) is 12.5 Å². The molecular formula is C15H24N4O3. The van der Waals surface area contributed by atoms with Crippen LogP contribution in [0.1, 0.15) is 25.8 Å². The van der Waals surface area contributed by atoms with Crippen molar-refractivity contribution in [2.24, 2.45) is 5.92 Å². The van der Waals surface area contributed by atoms with Crippen molar-refractivity contribution < 1.29 is 4.79 Å². The SMILES string of the molecule is Cc1cn(CC(=O)NC[C@H]2CCN(C(C)C)C2)c(=O)[nH]c1=O. The number of hydrogen-bond donors (Lipinski definition) is 2. The Balaban J connectivity index is 1.85. The summed E-state index contributed by atoms with van der Waals surface area (Å²) in [5.74, 6) is 0.247. The number of hydrogen-bond acceptors (Lipinski definition) is 4. The molecule has 1 aromatic rings.